The van der Waals surface area contributed by atoms with Gasteiger partial charge in [-0.15, -0.1) is 0 Å². The molecule has 2 heterocycles. The smallest absolute Gasteiger partial charge is 0.276 e. The Morgan fingerprint density at radius 1 is 1.06 bits per heavy atom. The first-order chi connectivity index (χ1) is 15.6. The van der Waals surface area contributed by atoms with E-state index >= 15 is 0 Å². The van der Waals surface area contributed by atoms with Crippen molar-refractivity contribution in [1.82, 2.24) is 9.78 Å². The summed E-state index contributed by atoms with van der Waals surface area (Å²) < 4.78 is 20.7. The molecule has 0 bridgehead atoms. The minimum Gasteiger partial charge on any atom is -0.378 e. The second kappa shape index (κ2) is 8.92. The van der Waals surface area contributed by atoms with Gasteiger partial charge in [0.1, 0.15) is 5.82 Å². The van der Waals surface area contributed by atoms with E-state index in [0.29, 0.717) is 29.6 Å². The van der Waals surface area contributed by atoms with Crippen molar-refractivity contribution in [2.24, 2.45) is 0 Å². The molecule has 6 nitrogen and oxygen atoms in total. The lowest BCUT2D eigenvalue weighted by molar-refractivity contribution is 0.102. The molecular formula is C24H24ClFN4O2. The highest BCUT2D eigenvalue weighted by Gasteiger charge is 2.26. The quantitative estimate of drug-likeness (QED) is 0.624. The Balaban J connectivity index is 1.49. The normalized spacial score (nSPS) is 16.0. The standard InChI is InChI=1S/C24H24ClFN4O2/c25-16-5-10-22(29-11-13-32-14-12-29)20(15-16)27-24(31)23-19-3-1-2-4-21(19)30(28-23)18-8-6-17(26)7-9-18/h5-10,15H,1-4,11-14H2,(H,27,31). The Morgan fingerprint density at radius 2 is 1.81 bits per heavy atom. The van der Waals surface area contributed by atoms with Crippen molar-refractivity contribution in [3.8, 4) is 5.69 Å². The molecule has 2 aromatic carbocycles. The first kappa shape index (κ1) is 21.0. The summed E-state index contributed by atoms with van der Waals surface area (Å²) in [5, 5.41) is 8.27. The van der Waals surface area contributed by atoms with E-state index < -0.39 is 0 Å². The van der Waals surface area contributed by atoms with Crippen molar-refractivity contribution in [2.75, 3.05) is 36.5 Å². The number of fused-ring (bicyclic) bond motifs is 1. The molecule has 1 N–H and O–H groups in total. The first-order valence-corrected chi connectivity index (χ1v) is 11.3. The van der Waals surface area contributed by atoms with E-state index in [-0.39, 0.29) is 11.7 Å². The maximum atomic E-state index is 13.4. The number of morpholine rings is 1. The van der Waals surface area contributed by atoms with Crippen LogP contribution in [0.25, 0.3) is 5.69 Å². The van der Waals surface area contributed by atoms with E-state index in [0.717, 1.165) is 61.4 Å². The molecule has 1 amide bonds. The van der Waals surface area contributed by atoms with E-state index in [2.05, 4.69) is 15.3 Å². The number of rotatable bonds is 4. The van der Waals surface area contributed by atoms with Gasteiger partial charge in [-0.05, 0) is 68.1 Å². The highest BCUT2D eigenvalue weighted by Crippen LogP contribution is 2.32. The van der Waals surface area contributed by atoms with Crippen molar-refractivity contribution in [2.45, 2.75) is 25.7 Å². The maximum Gasteiger partial charge on any atom is 0.276 e. The van der Waals surface area contributed by atoms with Gasteiger partial charge in [-0.3, -0.25) is 4.79 Å². The lowest BCUT2D eigenvalue weighted by Gasteiger charge is -2.30. The summed E-state index contributed by atoms with van der Waals surface area (Å²) >= 11 is 6.25. The predicted molar refractivity (Wildman–Crippen MR) is 123 cm³/mol. The van der Waals surface area contributed by atoms with Crippen molar-refractivity contribution >= 4 is 28.9 Å². The zero-order valence-corrected chi connectivity index (χ0v) is 18.4. The van der Waals surface area contributed by atoms with Gasteiger partial charge in [-0.2, -0.15) is 5.10 Å². The van der Waals surface area contributed by atoms with Crippen LogP contribution in [0, 0.1) is 5.82 Å². The fourth-order valence-corrected chi connectivity index (χ4v) is 4.62. The number of hydrogen-bond acceptors (Lipinski definition) is 4. The summed E-state index contributed by atoms with van der Waals surface area (Å²) in [4.78, 5) is 15.6. The summed E-state index contributed by atoms with van der Waals surface area (Å²) in [6.45, 7) is 2.79. The maximum absolute atomic E-state index is 13.4. The number of nitrogens with zero attached hydrogens (tertiary/aromatic N) is 3. The van der Waals surface area contributed by atoms with Crippen LogP contribution in [0.3, 0.4) is 0 Å². The van der Waals surface area contributed by atoms with Gasteiger partial charge in [0.15, 0.2) is 5.69 Å². The van der Waals surface area contributed by atoms with Gasteiger partial charge in [0.25, 0.3) is 5.91 Å². The average Bonchev–Trinajstić information content (AvgIpc) is 3.20. The summed E-state index contributed by atoms with van der Waals surface area (Å²) in [5.74, 6) is -0.565. The van der Waals surface area contributed by atoms with E-state index in [1.165, 1.54) is 12.1 Å². The molecule has 0 saturated carbocycles. The van der Waals surface area contributed by atoms with Crippen LogP contribution < -0.4 is 10.2 Å². The Hall–Kier alpha value is -2.90. The molecule has 1 aromatic heterocycles. The van der Waals surface area contributed by atoms with Gasteiger partial charge in [0.2, 0.25) is 0 Å². The number of amides is 1. The molecule has 1 aliphatic heterocycles. The molecular weight excluding hydrogens is 431 g/mol. The van der Waals surface area contributed by atoms with Gasteiger partial charge in [-0.25, -0.2) is 9.07 Å². The van der Waals surface area contributed by atoms with Crippen LogP contribution in [-0.2, 0) is 17.6 Å². The number of hydrogen-bond donors (Lipinski definition) is 1. The van der Waals surface area contributed by atoms with Crippen LogP contribution in [0.4, 0.5) is 15.8 Å². The fourth-order valence-electron chi connectivity index (χ4n) is 4.45. The van der Waals surface area contributed by atoms with Crippen LogP contribution >= 0.6 is 11.6 Å². The molecule has 0 unspecified atom stereocenters. The minimum atomic E-state index is -0.302. The minimum absolute atomic E-state index is 0.263. The van der Waals surface area contributed by atoms with Crippen molar-refractivity contribution in [3.05, 3.63) is 70.3 Å². The topological polar surface area (TPSA) is 59.4 Å². The number of benzene rings is 2. The number of halogens is 2. The number of ether oxygens (including phenoxy) is 1. The van der Waals surface area contributed by atoms with E-state index in [1.807, 2.05) is 12.1 Å². The molecule has 1 saturated heterocycles. The molecule has 3 aromatic rings. The van der Waals surface area contributed by atoms with Gasteiger partial charge < -0.3 is 15.0 Å². The first-order valence-electron chi connectivity index (χ1n) is 10.9. The van der Waals surface area contributed by atoms with Gasteiger partial charge >= 0.3 is 0 Å². The van der Waals surface area contributed by atoms with Crippen molar-refractivity contribution < 1.29 is 13.9 Å². The summed E-state index contributed by atoms with van der Waals surface area (Å²) in [6, 6.07) is 11.7. The van der Waals surface area contributed by atoms with E-state index in [9.17, 15) is 9.18 Å². The molecule has 0 atom stereocenters. The summed E-state index contributed by atoms with van der Waals surface area (Å²) in [6.07, 6.45) is 3.68. The number of carbonyl (C=O) groups is 1. The molecule has 2 aliphatic rings. The van der Waals surface area contributed by atoms with Gasteiger partial charge in [-0.1, -0.05) is 11.6 Å². The average molecular weight is 455 g/mol. The number of carbonyl (C=O) groups excluding carboxylic acids is 1. The van der Waals surface area contributed by atoms with Crippen molar-refractivity contribution in [3.63, 3.8) is 0 Å². The molecule has 32 heavy (non-hydrogen) atoms. The van der Waals surface area contributed by atoms with E-state index in [4.69, 9.17) is 16.3 Å². The third-order valence-electron chi connectivity index (χ3n) is 6.03. The Kier molecular flexibility index (Phi) is 5.85. The zero-order valence-electron chi connectivity index (χ0n) is 17.6. The Bertz CT molecular complexity index is 1140. The van der Waals surface area contributed by atoms with Crippen LogP contribution in [-0.4, -0.2) is 42.0 Å². The van der Waals surface area contributed by atoms with Crippen LogP contribution in [0.2, 0.25) is 5.02 Å². The lowest BCUT2D eigenvalue weighted by atomic mass is 9.95. The second-order valence-corrected chi connectivity index (χ2v) is 8.52. The molecule has 0 radical (unpaired) electrons. The molecule has 1 aliphatic carbocycles. The van der Waals surface area contributed by atoms with Crippen LogP contribution in [0.1, 0.15) is 34.6 Å². The van der Waals surface area contributed by atoms with Crippen molar-refractivity contribution in [1.29, 1.82) is 0 Å². The Labute approximate surface area is 190 Å². The molecule has 5 rings (SSSR count). The third kappa shape index (κ3) is 4.10. The molecule has 166 valence electrons. The fraction of sp³-hybridized carbons (Fsp3) is 0.333. The number of aromatic nitrogens is 2. The second-order valence-electron chi connectivity index (χ2n) is 8.08. The number of anilines is 2. The molecule has 0 spiro atoms. The lowest BCUT2D eigenvalue weighted by Crippen LogP contribution is -2.36. The van der Waals surface area contributed by atoms with Crippen LogP contribution in [0.5, 0.6) is 0 Å². The number of nitrogens with one attached hydrogen (secondary N) is 1. The van der Waals surface area contributed by atoms with E-state index in [1.54, 1.807) is 22.9 Å². The van der Waals surface area contributed by atoms with Gasteiger partial charge in [0, 0.05) is 29.4 Å². The largest absolute Gasteiger partial charge is 0.378 e. The SMILES string of the molecule is O=C(Nc1cc(Cl)ccc1N1CCOCC1)c1nn(-c2ccc(F)cc2)c2c1CCCC2. The molecule has 8 heteroatoms. The monoisotopic (exact) mass is 454 g/mol. The third-order valence-corrected chi connectivity index (χ3v) is 6.26. The predicted octanol–water partition coefficient (Wildman–Crippen LogP) is 4.63. The Morgan fingerprint density at radius 3 is 2.59 bits per heavy atom. The zero-order chi connectivity index (χ0) is 22.1. The van der Waals surface area contributed by atoms with Crippen LogP contribution in [0.15, 0.2) is 42.5 Å². The summed E-state index contributed by atoms with van der Waals surface area (Å²) in [5.41, 5.74) is 4.72. The highest BCUT2D eigenvalue weighted by molar-refractivity contribution is 6.31. The van der Waals surface area contributed by atoms with Gasteiger partial charge in [0.05, 0.1) is 30.3 Å². The molecule has 1 fully saturated rings. The summed E-state index contributed by atoms with van der Waals surface area (Å²) in [7, 11) is 0. The highest BCUT2D eigenvalue weighted by atomic mass is 35.5.